The van der Waals surface area contributed by atoms with Gasteiger partial charge in [-0.3, -0.25) is 4.79 Å². The molecule has 1 aromatic heterocycles. The lowest BCUT2D eigenvalue weighted by Gasteiger charge is -2.21. The largest absolute Gasteiger partial charge is 0.466 e. The summed E-state index contributed by atoms with van der Waals surface area (Å²) in [5, 5.41) is 2.79. The highest BCUT2D eigenvalue weighted by atomic mass is 32.2. The van der Waals surface area contributed by atoms with Crippen molar-refractivity contribution in [3.05, 3.63) is 46.9 Å². The van der Waals surface area contributed by atoms with Gasteiger partial charge in [0.1, 0.15) is 11.5 Å². The van der Waals surface area contributed by atoms with E-state index in [1.54, 1.807) is 49.3 Å². The zero-order valence-electron chi connectivity index (χ0n) is 16.0. The Morgan fingerprint density at radius 1 is 1.04 bits per heavy atom. The molecule has 146 valence electrons. The zero-order chi connectivity index (χ0) is 19.6. The second-order valence-corrected chi connectivity index (χ2v) is 8.99. The van der Waals surface area contributed by atoms with Gasteiger partial charge in [-0.2, -0.15) is 4.31 Å². The van der Waals surface area contributed by atoms with Crippen LogP contribution in [0.15, 0.2) is 33.6 Å². The Balaban J connectivity index is 1.87. The number of rotatable bonds is 4. The summed E-state index contributed by atoms with van der Waals surface area (Å²) in [7, 11) is -3.58. The predicted octanol–water partition coefficient (Wildman–Crippen LogP) is 4.02. The van der Waals surface area contributed by atoms with Crippen LogP contribution in [-0.4, -0.2) is 31.7 Å². The molecule has 0 aliphatic carbocycles. The molecule has 6 nitrogen and oxygen atoms in total. The number of anilines is 1. The van der Waals surface area contributed by atoms with E-state index >= 15 is 0 Å². The summed E-state index contributed by atoms with van der Waals surface area (Å²) in [5.74, 6) is 0.881. The maximum absolute atomic E-state index is 13.1. The van der Waals surface area contributed by atoms with Crippen molar-refractivity contribution in [1.82, 2.24) is 4.31 Å². The third kappa shape index (κ3) is 4.25. The van der Waals surface area contributed by atoms with E-state index in [1.165, 1.54) is 0 Å². The van der Waals surface area contributed by atoms with Crippen LogP contribution in [0.3, 0.4) is 0 Å². The summed E-state index contributed by atoms with van der Waals surface area (Å²) in [6.07, 6.45) is 3.89. The Hall–Kier alpha value is -2.12. The molecule has 2 heterocycles. The molecule has 1 saturated heterocycles. The van der Waals surface area contributed by atoms with Gasteiger partial charge in [0.25, 0.3) is 5.91 Å². The summed E-state index contributed by atoms with van der Waals surface area (Å²) >= 11 is 0. The van der Waals surface area contributed by atoms with Crippen molar-refractivity contribution >= 4 is 21.6 Å². The van der Waals surface area contributed by atoms with Crippen molar-refractivity contribution in [2.45, 2.75) is 51.3 Å². The molecular weight excluding hydrogens is 364 g/mol. The van der Waals surface area contributed by atoms with Crippen LogP contribution in [0.1, 0.15) is 53.1 Å². The second kappa shape index (κ2) is 7.86. The van der Waals surface area contributed by atoms with Crippen LogP contribution >= 0.6 is 0 Å². The van der Waals surface area contributed by atoms with Crippen molar-refractivity contribution in [3.63, 3.8) is 0 Å². The molecule has 0 spiro atoms. The van der Waals surface area contributed by atoms with E-state index in [2.05, 4.69) is 5.32 Å². The SMILES string of the molecule is Cc1cc(C(=O)Nc2ccc(C)c(S(=O)(=O)N3CCCCCC3)c2)c(C)o1. The first-order valence-electron chi connectivity index (χ1n) is 9.28. The Morgan fingerprint density at radius 3 is 2.30 bits per heavy atom. The Labute approximate surface area is 160 Å². The number of amides is 1. The number of sulfonamides is 1. The number of nitrogens with zero attached hydrogens (tertiary/aromatic N) is 1. The molecule has 1 fully saturated rings. The van der Waals surface area contributed by atoms with Crippen LogP contribution < -0.4 is 5.32 Å². The van der Waals surface area contributed by atoms with Crippen LogP contribution in [0.25, 0.3) is 0 Å². The second-order valence-electron chi connectivity index (χ2n) is 7.08. The number of carbonyl (C=O) groups is 1. The summed E-state index contributed by atoms with van der Waals surface area (Å²) < 4.78 is 33.2. The molecular formula is C20H26N2O4S. The highest BCUT2D eigenvalue weighted by Gasteiger charge is 2.27. The van der Waals surface area contributed by atoms with E-state index in [9.17, 15) is 13.2 Å². The topological polar surface area (TPSA) is 79.6 Å². The number of carbonyl (C=O) groups excluding carboxylic acids is 1. The van der Waals surface area contributed by atoms with Crippen molar-refractivity contribution in [2.75, 3.05) is 18.4 Å². The van der Waals surface area contributed by atoms with Gasteiger partial charge in [0.05, 0.1) is 10.5 Å². The molecule has 1 aliphatic rings. The van der Waals surface area contributed by atoms with Crippen LogP contribution in [0.4, 0.5) is 5.69 Å². The van der Waals surface area contributed by atoms with E-state index in [0.717, 1.165) is 25.7 Å². The minimum Gasteiger partial charge on any atom is -0.466 e. The monoisotopic (exact) mass is 390 g/mol. The number of nitrogens with one attached hydrogen (secondary N) is 1. The molecule has 3 rings (SSSR count). The van der Waals surface area contributed by atoms with Crippen molar-refractivity contribution in [2.24, 2.45) is 0 Å². The molecule has 27 heavy (non-hydrogen) atoms. The summed E-state index contributed by atoms with van der Waals surface area (Å²) in [6, 6.07) is 6.67. The average Bonchev–Trinajstić information content (AvgIpc) is 2.81. The molecule has 0 unspecified atom stereocenters. The minimum absolute atomic E-state index is 0.252. The molecule has 0 radical (unpaired) electrons. The summed E-state index contributed by atoms with van der Waals surface area (Å²) in [4.78, 5) is 12.8. The van der Waals surface area contributed by atoms with Gasteiger partial charge in [-0.1, -0.05) is 18.9 Å². The maximum Gasteiger partial charge on any atom is 0.259 e. The van der Waals surface area contributed by atoms with Crippen molar-refractivity contribution in [1.29, 1.82) is 0 Å². The van der Waals surface area contributed by atoms with Gasteiger partial charge in [-0.25, -0.2) is 8.42 Å². The van der Waals surface area contributed by atoms with Crippen LogP contribution in [0.2, 0.25) is 0 Å². The summed E-state index contributed by atoms with van der Waals surface area (Å²) in [6.45, 7) is 6.38. The Morgan fingerprint density at radius 2 is 1.70 bits per heavy atom. The third-order valence-corrected chi connectivity index (χ3v) is 6.96. The predicted molar refractivity (Wildman–Crippen MR) is 105 cm³/mol. The summed E-state index contributed by atoms with van der Waals surface area (Å²) in [5.41, 5.74) is 1.58. The highest BCUT2D eigenvalue weighted by Crippen LogP contribution is 2.26. The fourth-order valence-corrected chi connectivity index (χ4v) is 5.20. The zero-order valence-corrected chi connectivity index (χ0v) is 16.9. The van der Waals surface area contributed by atoms with Gasteiger partial charge in [-0.15, -0.1) is 0 Å². The molecule has 1 N–H and O–H groups in total. The number of hydrogen-bond donors (Lipinski definition) is 1. The van der Waals surface area contributed by atoms with Crippen LogP contribution in [-0.2, 0) is 10.0 Å². The number of hydrogen-bond acceptors (Lipinski definition) is 4. The molecule has 1 amide bonds. The minimum atomic E-state index is -3.58. The number of aryl methyl sites for hydroxylation is 3. The van der Waals surface area contributed by atoms with Gasteiger partial charge >= 0.3 is 0 Å². The van der Waals surface area contributed by atoms with Crippen LogP contribution in [0, 0.1) is 20.8 Å². The normalized spacial score (nSPS) is 16.1. The van der Waals surface area contributed by atoms with E-state index in [-0.39, 0.29) is 10.8 Å². The van der Waals surface area contributed by atoms with Gasteiger partial charge in [0.2, 0.25) is 10.0 Å². The smallest absolute Gasteiger partial charge is 0.259 e. The van der Waals surface area contributed by atoms with Gasteiger partial charge in [-0.05, 0) is 57.4 Å². The molecule has 0 saturated carbocycles. The third-order valence-electron chi connectivity index (χ3n) is 4.91. The van der Waals surface area contributed by atoms with Crippen LogP contribution in [0.5, 0.6) is 0 Å². The van der Waals surface area contributed by atoms with Gasteiger partial charge in [0.15, 0.2) is 0 Å². The quantitative estimate of drug-likeness (QED) is 0.855. The van der Waals surface area contributed by atoms with Gasteiger partial charge in [0, 0.05) is 18.8 Å². The van der Waals surface area contributed by atoms with Crippen molar-refractivity contribution < 1.29 is 17.6 Å². The van der Waals surface area contributed by atoms with E-state index < -0.39 is 10.0 Å². The molecule has 1 aliphatic heterocycles. The molecule has 0 atom stereocenters. The van der Waals surface area contributed by atoms with Gasteiger partial charge < -0.3 is 9.73 Å². The highest BCUT2D eigenvalue weighted by molar-refractivity contribution is 7.89. The van der Waals surface area contributed by atoms with Crippen molar-refractivity contribution in [3.8, 4) is 0 Å². The van der Waals surface area contributed by atoms with E-state index in [4.69, 9.17) is 4.42 Å². The molecule has 7 heteroatoms. The average molecular weight is 391 g/mol. The maximum atomic E-state index is 13.1. The number of furan rings is 1. The standard InChI is InChI=1S/C20H26N2O4S/c1-14-8-9-17(21-20(23)18-12-15(2)26-16(18)3)13-19(14)27(24,25)22-10-6-4-5-7-11-22/h8-9,12-13H,4-7,10-11H2,1-3H3,(H,21,23). The fraction of sp³-hybridized carbons (Fsp3) is 0.450. The molecule has 2 aromatic rings. The lowest BCUT2D eigenvalue weighted by Crippen LogP contribution is -2.32. The van der Waals surface area contributed by atoms with E-state index in [0.29, 0.717) is 41.4 Å². The Kier molecular flexibility index (Phi) is 5.72. The number of benzene rings is 1. The first-order valence-corrected chi connectivity index (χ1v) is 10.7. The Bertz CT molecular complexity index is 939. The molecule has 1 aromatic carbocycles. The fourth-order valence-electron chi connectivity index (χ4n) is 3.43. The lowest BCUT2D eigenvalue weighted by molar-refractivity contribution is 0.102. The molecule has 0 bridgehead atoms. The van der Waals surface area contributed by atoms with E-state index in [1.807, 2.05) is 0 Å². The lowest BCUT2D eigenvalue weighted by atomic mass is 10.2. The first-order chi connectivity index (χ1) is 12.8. The first kappa shape index (κ1) is 19.6.